The maximum Gasteiger partial charge on any atom is 0.269 e. The fourth-order valence-corrected chi connectivity index (χ4v) is 2.82. The fraction of sp³-hybridized carbons (Fsp3) is 0.176. The molecular weight excluding hydrogens is 349 g/mol. The first kappa shape index (κ1) is 17.0. The van der Waals surface area contributed by atoms with E-state index in [2.05, 4.69) is 5.10 Å². The number of nitro groups is 1. The number of benzene rings is 2. The van der Waals surface area contributed by atoms with Crippen LogP contribution in [0.15, 0.2) is 53.6 Å². The van der Waals surface area contributed by atoms with Gasteiger partial charge in [-0.2, -0.15) is 5.10 Å². The van der Waals surface area contributed by atoms with Gasteiger partial charge in [-0.25, -0.2) is 9.40 Å². The zero-order valence-electron chi connectivity index (χ0n) is 12.9. The Morgan fingerprint density at radius 2 is 1.88 bits per heavy atom. The molecule has 1 atom stereocenters. The highest BCUT2D eigenvalue weighted by Gasteiger charge is 2.32. The number of carbonyl (C=O) groups excluding carboxylic acids is 1. The highest BCUT2D eigenvalue weighted by atomic mass is 35.5. The summed E-state index contributed by atoms with van der Waals surface area (Å²) in [6, 6.07) is 11.4. The minimum atomic E-state index is -0.486. The lowest BCUT2D eigenvalue weighted by Gasteiger charge is -2.21. The lowest BCUT2D eigenvalue weighted by atomic mass is 9.98. The molecule has 1 amide bonds. The van der Waals surface area contributed by atoms with Crippen molar-refractivity contribution in [2.45, 2.75) is 12.5 Å². The Balaban J connectivity index is 1.92. The molecule has 1 unspecified atom stereocenters. The average Bonchev–Trinajstić information content (AvgIpc) is 3.07. The smallest absolute Gasteiger partial charge is 0.269 e. The van der Waals surface area contributed by atoms with Gasteiger partial charge in [0.1, 0.15) is 11.7 Å². The Morgan fingerprint density at radius 3 is 2.44 bits per heavy atom. The van der Waals surface area contributed by atoms with Gasteiger partial charge in [0.15, 0.2) is 0 Å². The van der Waals surface area contributed by atoms with Crippen molar-refractivity contribution in [2.75, 3.05) is 5.88 Å². The second-order valence-electron chi connectivity index (χ2n) is 5.49. The normalized spacial score (nSPS) is 16.6. The molecular formula is C17H13ClFN3O3. The van der Waals surface area contributed by atoms with Crippen LogP contribution in [0.3, 0.4) is 0 Å². The molecule has 0 radical (unpaired) electrons. The predicted molar refractivity (Wildman–Crippen MR) is 91.0 cm³/mol. The number of nitrogens with zero attached hydrogens (tertiary/aromatic N) is 3. The Labute approximate surface area is 147 Å². The summed E-state index contributed by atoms with van der Waals surface area (Å²) < 4.78 is 13.1. The number of amides is 1. The van der Waals surface area contributed by atoms with Crippen molar-refractivity contribution in [3.05, 3.63) is 75.6 Å². The van der Waals surface area contributed by atoms with Gasteiger partial charge in [0, 0.05) is 18.6 Å². The van der Waals surface area contributed by atoms with E-state index in [1.54, 1.807) is 24.3 Å². The van der Waals surface area contributed by atoms with Crippen LogP contribution < -0.4 is 0 Å². The molecule has 8 heteroatoms. The summed E-state index contributed by atoms with van der Waals surface area (Å²) in [6.07, 6.45) is 0.409. The summed E-state index contributed by atoms with van der Waals surface area (Å²) in [5.41, 5.74) is 2.02. The van der Waals surface area contributed by atoms with E-state index >= 15 is 0 Å². The molecule has 0 spiro atoms. The SMILES string of the molecule is O=C(CCl)N1N=C(c2ccc(F)cc2)CC1c1ccc([N+](=O)[O-])cc1. The van der Waals surface area contributed by atoms with Gasteiger partial charge in [-0.15, -0.1) is 11.6 Å². The molecule has 3 rings (SSSR count). The molecule has 0 aliphatic carbocycles. The Kier molecular flexibility index (Phi) is 4.76. The first-order valence-electron chi connectivity index (χ1n) is 7.45. The number of hydrazone groups is 1. The van der Waals surface area contributed by atoms with Gasteiger partial charge in [-0.1, -0.05) is 24.3 Å². The van der Waals surface area contributed by atoms with Crippen LogP contribution in [0, 0.1) is 15.9 Å². The van der Waals surface area contributed by atoms with Crippen molar-refractivity contribution in [3.8, 4) is 0 Å². The van der Waals surface area contributed by atoms with Gasteiger partial charge < -0.3 is 0 Å². The number of hydrogen-bond acceptors (Lipinski definition) is 4. The van der Waals surface area contributed by atoms with Gasteiger partial charge in [-0.3, -0.25) is 14.9 Å². The van der Waals surface area contributed by atoms with Gasteiger partial charge in [0.05, 0.1) is 16.7 Å². The quantitative estimate of drug-likeness (QED) is 0.474. The van der Waals surface area contributed by atoms with Crippen molar-refractivity contribution in [1.29, 1.82) is 0 Å². The van der Waals surface area contributed by atoms with Gasteiger partial charge in [0.2, 0.25) is 0 Å². The summed E-state index contributed by atoms with van der Waals surface area (Å²) in [7, 11) is 0. The van der Waals surface area contributed by atoms with Crippen LogP contribution in [0.2, 0.25) is 0 Å². The Morgan fingerprint density at radius 1 is 1.24 bits per heavy atom. The minimum Gasteiger partial charge on any atom is -0.272 e. The average molecular weight is 362 g/mol. The predicted octanol–water partition coefficient (Wildman–Crippen LogP) is 3.65. The van der Waals surface area contributed by atoms with E-state index in [4.69, 9.17) is 11.6 Å². The summed E-state index contributed by atoms with van der Waals surface area (Å²) in [6.45, 7) is 0. The number of alkyl halides is 1. The largest absolute Gasteiger partial charge is 0.272 e. The topological polar surface area (TPSA) is 75.8 Å². The molecule has 1 aliphatic heterocycles. The van der Waals surface area contributed by atoms with E-state index in [9.17, 15) is 19.3 Å². The first-order valence-corrected chi connectivity index (χ1v) is 7.99. The maximum absolute atomic E-state index is 13.1. The molecule has 2 aromatic carbocycles. The lowest BCUT2D eigenvalue weighted by Crippen LogP contribution is -2.27. The van der Waals surface area contributed by atoms with Crippen molar-refractivity contribution in [2.24, 2.45) is 5.10 Å². The first-order chi connectivity index (χ1) is 12.0. The van der Waals surface area contributed by atoms with E-state index in [1.807, 2.05) is 0 Å². The minimum absolute atomic E-state index is 0.0309. The van der Waals surface area contributed by atoms with Gasteiger partial charge in [-0.05, 0) is 23.3 Å². The molecule has 25 heavy (non-hydrogen) atoms. The summed E-state index contributed by atoms with van der Waals surface area (Å²) in [5.74, 6) is -0.964. The molecule has 1 heterocycles. The monoisotopic (exact) mass is 361 g/mol. The molecule has 0 saturated carbocycles. The van der Waals surface area contributed by atoms with Crippen molar-refractivity contribution < 1.29 is 14.1 Å². The fourth-order valence-electron chi connectivity index (χ4n) is 2.70. The molecule has 0 aromatic heterocycles. The number of non-ortho nitro benzene ring substituents is 1. The van der Waals surface area contributed by atoms with Gasteiger partial charge >= 0.3 is 0 Å². The van der Waals surface area contributed by atoms with Crippen molar-refractivity contribution in [1.82, 2.24) is 5.01 Å². The molecule has 0 N–H and O–H groups in total. The van der Waals surface area contributed by atoms with Crippen LogP contribution in [0.5, 0.6) is 0 Å². The van der Waals surface area contributed by atoms with Crippen molar-refractivity contribution in [3.63, 3.8) is 0 Å². The number of nitro benzene ring substituents is 1. The summed E-state index contributed by atoms with van der Waals surface area (Å²) >= 11 is 5.67. The second kappa shape index (κ2) is 6.98. The second-order valence-corrected chi connectivity index (χ2v) is 5.76. The number of halogens is 2. The van der Waals surface area contributed by atoms with E-state index in [-0.39, 0.29) is 23.3 Å². The molecule has 128 valence electrons. The molecule has 0 saturated heterocycles. The van der Waals surface area contributed by atoms with Crippen LogP contribution in [0.4, 0.5) is 10.1 Å². The molecule has 0 bridgehead atoms. The van der Waals surface area contributed by atoms with Crippen molar-refractivity contribution >= 4 is 28.9 Å². The summed E-state index contributed by atoms with van der Waals surface area (Å²) in [4.78, 5) is 22.4. The molecule has 6 nitrogen and oxygen atoms in total. The standard InChI is InChI=1S/C17H13ClFN3O3/c18-10-17(23)21-16(12-3-7-14(8-4-12)22(24)25)9-15(20-21)11-1-5-13(19)6-2-11/h1-8,16H,9-10H2. The summed E-state index contributed by atoms with van der Waals surface area (Å²) in [5, 5.41) is 16.4. The molecule has 1 aliphatic rings. The third-order valence-electron chi connectivity index (χ3n) is 3.95. The van der Waals surface area contributed by atoms with Crippen LogP contribution in [-0.2, 0) is 4.79 Å². The van der Waals surface area contributed by atoms with E-state index < -0.39 is 11.0 Å². The van der Waals surface area contributed by atoms with Crippen LogP contribution in [0.1, 0.15) is 23.6 Å². The third-order valence-corrected chi connectivity index (χ3v) is 4.17. The Bertz CT molecular complexity index is 837. The highest BCUT2D eigenvalue weighted by Crippen LogP contribution is 2.33. The van der Waals surface area contributed by atoms with E-state index in [0.717, 1.165) is 0 Å². The Hall–Kier alpha value is -2.80. The molecule has 0 fully saturated rings. The zero-order chi connectivity index (χ0) is 18.0. The third kappa shape index (κ3) is 3.51. The van der Waals surface area contributed by atoms with E-state index in [1.165, 1.54) is 29.3 Å². The van der Waals surface area contributed by atoms with E-state index in [0.29, 0.717) is 23.3 Å². The lowest BCUT2D eigenvalue weighted by molar-refractivity contribution is -0.384. The molecule has 2 aromatic rings. The number of carbonyl (C=O) groups is 1. The maximum atomic E-state index is 13.1. The van der Waals surface area contributed by atoms with Gasteiger partial charge in [0.25, 0.3) is 11.6 Å². The number of hydrogen-bond donors (Lipinski definition) is 0. The van der Waals surface area contributed by atoms with Crippen LogP contribution >= 0.6 is 11.6 Å². The zero-order valence-corrected chi connectivity index (χ0v) is 13.7. The number of rotatable bonds is 4. The van der Waals surface area contributed by atoms with Crippen LogP contribution in [0.25, 0.3) is 0 Å². The van der Waals surface area contributed by atoms with Crippen LogP contribution in [-0.4, -0.2) is 27.4 Å². The highest BCUT2D eigenvalue weighted by molar-refractivity contribution is 6.27.